The second-order valence-electron chi connectivity index (χ2n) is 5.31. The van der Waals surface area contributed by atoms with E-state index in [-0.39, 0.29) is 25.6 Å². The summed E-state index contributed by atoms with van der Waals surface area (Å²) in [5.41, 5.74) is 0. The van der Waals surface area contributed by atoms with Gasteiger partial charge in [-0.3, -0.25) is 0 Å². The van der Waals surface area contributed by atoms with Crippen molar-refractivity contribution < 1.29 is 24.9 Å². The third kappa shape index (κ3) is 4.62. The number of aliphatic carboxylic acids is 1. The summed E-state index contributed by atoms with van der Waals surface area (Å²) in [5, 5.41) is 29.8. The number of rotatable bonds is 6. The van der Waals surface area contributed by atoms with E-state index < -0.39 is 24.1 Å². The van der Waals surface area contributed by atoms with Gasteiger partial charge in [0.15, 0.2) is 0 Å². The normalized spacial score (nSPS) is 23.9. The van der Waals surface area contributed by atoms with Crippen LogP contribution in [0.15, 0.2) is 0 Å². The quantitative estimate of drug-likeness (QED) is 0.475. The second-order valence-corrected chi connectivity index (χ2v) is 5.31. The van der Waals surface area contributed by atoms with E-state index in [4.69, 9.17) is 10.2 Å². The highest BCUT2D eigenvalue weighted by molar-refractivity contribution is 5.82. The molecule has 4 N–H and O–H groups in total. The fourth-order valence-corrected chi connectivity index (χ4v) is 2.35. The fraction of sp³-hybridized carbons (Fsp3) is 0.833. The predicted octanol–water partition coefficient (Wildman–Crippen LogP) is -1.47. The topological polar surface area (TPSA) is 113 Å². The van der Waals surface area contributed by atoms with Crippen LogP contribution < -0.4 is 5.32 Å². The molecule has 2 amide bonds. The molecule has 2 unspecified atom stereocenters. The zero-order chi connectivity index (χ0) is 15.3. The van der Waals surface area contributed by atoms with Gasteiger partial charge in [-0.1, -0.05) is 0 Å². The van der Waals surface area contributed by atoms with Crippen molar-refractivity contribution in [2.45, 2.75) is 31.0 Å². The molecule has 1 fully saturated rings. The van der Waals surface area contributed by atoms with E-state index in [0.29, 0.717) is 13.0 Å². The molecule has 0 spiro atoms. The van der Waals surface area contributed by atoms with Gasteiger partial charge in [0, 0.05) is 32.2 Å². The minimum atomic E-state index is -1.18. The fourth-order valence-electron chi connectivity index (χ4n) is 2.35. The molecule has 20 heavy (non-hydrogen) atoms. The Hall–Kier alpha value is -1.38. The Morgan fingerprint density at radius 2 is 2.10 bits per heavy atom. The van der Waals surface area contributed by atoms with Gasteiger partial charge in [0.05, 0.1) is 6.10 Å². The minimum absolute atomic E-state index is 0.0458. The average molecular weight is 289 g/mol. The Bertz CT molecular complexity index is 350. The molecule has 0 radical (unpaired) electrons. The first-order valence-corrected chi connectivity index (χ1v) is 6.58. The molecule has 0 aromatic rings. The number of carboxylic acid groups (broad SMARTS) is 1. The van der Waals surface area contributed by atoms with Crippen molar-refractivity contribution in [1.82, 2.24) is 15.1 Å². The molecule has 0 aromatic heterocycles. The van der Waals surface area contributed by atoms with Gasteiger partial charge >= 0.3 is 12.0 Å². The van der Waals surface area contributed by atoms with Gasteiger partial charge in [-0.2, -0.15) is 0 Å². The van der Waals surface area contributed by atoms with Crippen LogP contribution in [0, 0.1) is 0 Å². The number of nitrogens with zero attached hydrogens (tertiary/aromatic N) is 2. The van der Waals surface area contributed by atoms with E-state index in [1.807, 2.05) is 19.0 Å². The zero-order valence-corrected chi connectivity index (χ0v) is 11.8. The molecular formula is C12H23N3O5. The molecular weight excluding hydrogens is 266 g/mol. The predicted molar refractivity (Wildman–Crippen MR) is 71.3 cm³/mol. The summed E-state index contributed by atoms with van der Waals surface area (Å²) in [6, 6.07) is -1.79. The number of amides is 2. The molecule has 8 nitrogen and oxygen atoms in total. The molecule has 0 saturated carbocycles. The summed E-state index contributed by atoms with van der Waals surface area (Å²) < 4.78 is 0. The molecule has 0 bridgehead atoms. The number of likely N-dealkylation sites (N-methyl/N-ethyl adjacent to an activating group) is 1. The van der Waals surface area contributed by atoms with E-state index in [1.54, 1.807) is 0 Å². The van der Waals surface area contributed by atoms with Gasteiger partial charge in [0.25, 0.3) is 0 Å². The molecule has 1 aliphatic heterocycles. The number of β-amino-alcohol motifs (C(OH)–C–C–N with tert-alkyl or cyclic N) is 1. The Morgan fingerprint density at radius 1 is 1.45 bits per heavy atom. The van der Waals surface area contributed by atoms with Gasteiger partial charge in [0.2, 0.25) is 0 Å². The van der Waals surface area contributed by atoms with E-state index in [2.05, 4.69) is 5.32 Å². The number of nitrogens with one attached hydrogen (secondary N) is 1. The lowest BCUT2D eigenvalue weighted by atomic mass is 10.2. The number of aliphatic hydroxyl groups excluding tert-OH is 2. The van der Waals surface area contributed by atoms with Gasteiger partial charge < -0.3 is 30.4 Å². The summed E-state index contributed by atoms with van der Waals surface area (Å²) in [6.07, 6.45) is -0.161. The average Bonchev–Trinajstić information content (AvgIpc) is 2.68. The first kappa shape index (κ1) is 16.7. The van der Waals surface area contributed by atoms with Crippen LogP contribution in [0.3, 0.4) is 0 Å². The Balaban J connectivity index is 2.66. The van der Waals surface area contributed by atoms with Gasteiger partial charge in [-0.25, -0.2) is 9.59 Å². The third-order valence-electron chi connectivity index (χ3n) is 3.24. The van der Waals surface area contributed by atoms with Crippen LogP contribution in [0.25, 0.3) is 0 Å². The maximum Gasteiger partial charge on any atom is 0.326 e. The van der Waals surface area contributed by atoms with Crippen LogP contribution in [0.5, 0.6) is 0 Å². The van der Waals surface area contributed by atoms with Crippen molar-refractivity contribution in [2.75, 3.05) is 33.8 Å². The lowest BCUT2D eigenvalue weighted by Gasteiger charge is -2.28. The molecule has 3 atom stereocenters. The van der Waals surface area contributed by atoms with Crippen molar-refractivity contribution in [3.8, 4) is 0 Å². The third-order valence-corrected chi connectivity index (χ3v) is 3.24. The number of hydrogen-bond donors (Lipinski definition) is 4. The Labute approximate surface area is 118 Å². The molecule has 0 aromatic carbocycles. The van der Waals surface area contributed by atoms with Crippen LogP contribution in [0.2, 0.25) is 0 Å². The highest BCUT2D eigenvalue weighted by Crippen LogP contribution is 2.18. The van der Waals surface area contributed by atoms with Crippen LogP contribution >= 0.6 is 0 Å². The van der Waals surface area contributed by atoms with Crippen LogP contribution in [-0.2, 0) is 4.79 Å². The van der Waals surface area contributed by atoms with Crippen molar-refractivity contribution in [2.24, 2.45) is 0 Å². The number of carboxylic acids is 1. The summed E-state index contributed by atoms with van der Waals surface area (Å²) in [6.45, 7) is 0.471. The maximum atomic E-state index is 12.1. The van der Waals surface area contributed by atoms with Gasteiger partial charge in [-0.15, -0.1) is 0 Å². The SMILES string of the molecule is CN(C)CC1CC(O)CN1C(=O)N[C@H](CCO)C(=O)O. The molecule has 0 aliphatic carbocycles. The lowest BCUT2D eigenvalue weighted by molar-refractivity contribution is -0.139. The molecule has 8 heteroatoms. The minimum Gasteiger partial charge on any atom is -0.480 e. The van der Waals surface area contributed by atoms with Crippen molar-refractivity contribution in [3.63, 3.8) is 0 Å². The summed E-state index contributed by atoms with van der Waals surface area (Å²) in [4.78, 5) is 26.4. The molecule has 116 valence electrons. The summed E-state index contributed by atoms with van der Waals surface area (Å²) in [5.74, 6) is -1.18. The van der Waals surface area contributed by atoms with E-state index in [1.165, 1.54) is 4.90 Å². The highest BCUT2D eigenvalue weighted by atomic mass is 16.4. The van der Waals surface area contributed by atoms with Crippen LogP contribution in [0.1, 0.15) is 12.8 Å². The van der Waals surface area contributed by atoms with Gasteiger partial charge in [0.1, 0.15) is 6.04 Å². The molecule has 1 rings (SSSR count). The number of urea groups is 1. The second kappa shape index (κ2) is 7.41. The van der Waals surface area contributed by atoms with Crippen molar-refractivity contribution in [1.29, 1.82) is 0 Å². The van der Waals surface area contributed by atoms with Crippen LogP contribution in [-0.4, -0.2) is 89.1 Å². The Morgan fingerprint density at radius 3 is 2.60 bits per heavy atom. The summed E-state index contributed by atoms with van der Waals surface area (Å²) in [7, 11) is 3.74. The van der Waals surface area contributed by atoms with Crippen LogP contribution in [0.4, 0.5) is 4.79 Å². The highest BCUT2D eigenvalue weighted by Gasteiger charge is 2.35. The smallest absolute Gasteiger partial charge is 0.326 e. The molecule has 1 aliphatic rings. The maximum absolute atomic E-state index is 12.1. The van der Waals surface area contributed by atoms with E-state index in [9.17, 15) is 14.7 Å². The Kier molecular flexibility index (Phi) is 6.18. The van der Waals surface area contributed by atoms with Gasteiger partial charge in [-0.05, 0) is 20.5 Å². The number of likely N-dealkylation sites (tertiary alicyclic amines) is 1. The number of hydrogen-bond acceptors (Lipinski definition) is 5. The number of carbonyl (C=O) groups is 2. The first-order chi connectivity index (χ1) is 9.35. The summed E-state index contributed by atoms with van der Waals surface area (Å²) >= 11 is 0. The van der Waals surface area contributed by atoms with Crippen molar-refractivity contribution in [3.05, 3.63) is 0 Å². The standard InChI is InChI=1S/C12H23N3O5/c1-14(2)6-8-5-9(17)7-15(8)12(20)13-10(3-4-16)11(18)19/h8-10,16-17H,3-7H2,1-2H3,(H,13,20)(H,18,19)/t8?,9?,10-/m1/s1. The monoisotopic (exact) mass is 289 g/mol. The number of aliphatic hydroxyl groups is 2. The lowest BCUT2D eigenvalue weighted by Crippen LogP contribution is -2.51. The zero-order valence-electron chi connectivity index (χ0n) is 11.8. The van der Waals surface area contributed by atoms with E-state index in [0.717, 1.165) is 0 Å². The largest absolute Gasteiger partial charge is 0.480 e. The van der Waals surface area contributed by atoms with Crippen molar-refractivity contribution >= 4 is 12.0 Å². The van der Waals surface area contributed by atoms with E-state index >= 15 is 0 Å². The first-order valence-electron chi connectivity index (χ1n) is 6.58. The molecule has 1 heterocycles. The molecule has 1 saturated heterocycles. The number of carbonyl (C=O) groups excluding carboxylic acids is 1.